The Balaban J connectivity index is 3.93. The SMILES string of the molecule is O=C(C=C(Cl)Br)C(Cl)Br. The lowest BCUT2D eigenvalue weighted by molar-refractivity contribution is -0.112. The molecule has 0 rings (SSSR count). The van der Waals surface area contributed by atoms with Gasteiger partial charge in [0.2, 0.25) is 0 Å². The van der Waals surface area contributed by atoms with Crippen LogP contribution >= 0.6 is 55.1 Å². The third-order valence-electron chi connectivity index (χ3n) is 0.466. The molecule has 0 spiro atoms. The fraction of sp³-hybridized carbons (Fsp3) is 0.250. The number of hydrogen-bond donors (Lipinski definition) is 0. The van der Waals surface area contributed by atoms with Crippen molar-refractivity contribution in [3.63, 3.8) is 0 Å². The Morgan fingerprint density at radius 1 is 1.67 bits per heavy atom. The van der Waals surface area contributed by atoms with Crippen molar-refractivity contribution >= 4 is 60.8 Å². The number of rotatable bonds is 2. The van der Waals surface area contributed by atoms with Crippen molar-refractivity contribution in [2.45, 2.75) is 4.29 Å². The third-order valence-corrected chi connectivity index (χ3v) is 1.47. The minimum Gasteiger partial charge on any atom is -0.292 e. The fourth-order valence-corrected chi connectivity index (χ4v) is 0.699. The lowest BCUT2D eigenvalue weighted by Gasteiger charge is -1.90. The van der Waals surface area contributed by atoms with Gasteiger partial charge in [-0.2, -0.15) is 0 Å². The van der Waals surface area contributed by atoms with Crippen LogP contribution in [0.15, 0.2) is 10.0 Å². The first-order chi connectivity index (χ1) is 4.04. The standard InChI is InChI=1S/C4H2Br2Cl2O/c5-3(7)1-2(9)4(6)8/h1,4H. The molecule has 1 atom stereocenters. The molecule has 0 aromatic heterocycles. The van der Waals surface area contributed by atoms with Gasteiger partial charge in [-0.25, -0.2) is 0 Å². The van der Waals surface area contributed by atoms with E-state index in [-0.39, 0.29) is 9.72 Å². The van der Waals surface area contributed by atoms with E-state index < -0.39 is 4.29 Å². The van der Waals surface area contributed by atoms with Crippen LogP contribution in [0.2, 0.25) is 0 Å². The van der Waals surface area contributed by atoms with Crippen molar-refractivity contribution in [3.8, 4) is 0 Å². The van der Waals surface area contributed by atoms with Gasteiger partial charge >= 0.3 is 0 Å². The van der Waals surface area contributed by atoms with Gasteiger partial charge in [-0.3, -0.25) is 4.79 Å². The number of allylic oxidation sites excluding steroid dienone is 1. The van der Waals surface area contributed by atoms with E-state index in [1.807, 2.05) is 0 Å². The van der Waals surface area contributed by atoms with E-state index >= 15 is 0 Å². The Morgan fingerprint density at radius 3 is 2.22 bits per heavy atom. The van der Waals surface area contributed by atoms with Crippen LogP contribution in [0, 0.1) is 0 Å². The highest BCUT2D eigenvalue weighted by atomic mass is 79.9. The summed E-state index contributed by atoms with van der Waals surface area (Å²) in [5.74, 6) is -0.279. The molecule has 5 heteroatoms. The normalized spacial score (nSPS) is 15.3. The van der Waals surface area contributed by atoms with E-state index in [1.54, 1.807) is 0 Å². The lowest BCUT2D eigenvalue weighted by Crippen LogP contribution is -2.01. The summed E-state index contributed by atoms with van der Waals surface area (Å²) in [6, 6.07) is 0. The van der Waals surface area contributed by atoms with Gasteiger partial charge in [0.15, 0.2) is 10.1 Å². The number of alkyl halides is 2. The molecule has 1 unspecified atom stereocenters. The highest BCUT2D eigenvalue weighted by Gasteiger charge is 2.06. The van der Waals surface area contributed by atoms with Gasteiger partial charge in [0, 0.05) is 6.08 Å². The van der Waals surface area contributed by atoms with Gasteiger partial charge in [-0.1, -0.05) is 27.5 Å². The predicted molar refractivity (Wildman–Crippen MR) is 46.4 cm³/mol. The van der Waals surface area contributed by atoms with E-state index in [1.165, 1.54) is 6.08 Å². The van der Waals surface area contributed by atoms with Crippen LogP contribution in [0.4, 0.5) is 0 Å². The van der Waals surface area contributed by atoms with Crippen LogP contribution in [-0.4, -0.2) is 10.1 Å². The molecule has 0 aliphatic rings. The van der Waals surface area contributed by atoms with Crippen molar-refractivity contribution < 1.29 is 4.79 Å². The largest absolute Gasteiger partial charge is 0.292 e. The lowest BCUT2D eigenvalue weighted by atomic mass is 10.4. The first-order valence-electron chi connectivity index (χ1n) is 1.88. The number of carbonyl (C=O) groups is 1. The Kier molecular flexibility index (Phi) is 5.22. The van der Waals surface area contributed by atoms with Crippen molar-refractivity contribution in [2.75, 3.05) is 0 Å². The first-order valence-corrected chi connectivity index (χ1v) is 4.41. The minimum absolute atomic E-state index is 0.248. The maximum absolute atomic E-state index is 10.6. The molecule has 0 fully saturated rings. The van der Waals surface area contributed by atoms with Gasteiger partial charge in [0.05, 0.1) is 3.94 Å². The minimum atomic E-state index is -0.691. The Labute approximate surface area is 79.6 Å². The van der Waals surface area contributed by atoms with Crippen molar-refractivity contribution in [3.05, 3.63) is 10.0 Å². The zero-order valence-electron chi connectivity index (χ0n) is 4.07. The molecule has 52 valence electrons. The molecule has 0 aliphatic heterocycles. The molecule has 0 aliphatic carbocycles. The zero-order chi connectivity index (χ0) is 7.44. The quantitative estimate of drug-likeness (QED) is 0.565. The highest BCUT2D eigenvalue weighted by molar-refractivity contribution is 9.12. The summed E-state index contributed by atoms with van der Waals surface area (Å²) in [4.78, 5) is 10.6. The summed E-state index contributed by atoms with van der Waals surface area (Å²) in [6.45, 7) is 0. The number of hydrogen-bond acceptors (Lipinski definition) is 1. The van der Waals surface area contributed by atoms with E-state index in [2.05, 4.69) is 31.9 Å². The summed E-state index contributed by atoms with van der Waals surface area (Å²) in [5.41, 5.74) is 0. The molecule has 0 amide bonds. The van der Waals surface area contributed by atoms with Crippen molar-refractivity contribution in [2.24, 2.45) is 0 Å². The second-order valence-electron chi connectivity index (χ2n) is 1.14. The van der Waals surface area contributed by atoms with E-state index in [0.717, 1.165) is 0 Å². The van der Waals surface area contributed by atoms with Crippen LogP contribution in [0.1, 0.15) is 0 Å². The highest BCUT2D eigenvalue weighted by Crippen LogP contribution is 2.13. The summed E-state index contributed by atoms with van der Waals surface area (Å²) >= 11 is 16.3. The fourth-order valence-electron chi connectivity index (χ4n) is 0.171. The smallest absolute Gasteiger partial charge is 0.186 e. The molecule has 9 heavy (non-hydrogen) atoms. The van der Waals surface area contributed by atoms with Gasteiger partial charge in [0.1, 0.15) is 0 Å². The van der Waals surface area contributed by atoms with Gasteiger partial charge < -0.3 is 0 Å². The molecule has 0 heterocycles. The zero-order valence-corrected chi connectivity index (χ0v) is 8.76. The third kappa shape index (κ3) is 5.40. The number of ketones is 1. The molecule has 0 saturated carbocycles. The molecule has 0 saturated heterocycles. The van der Waals surface area contributed by atoms with Crippen LogP contribution in [0.25, 0.3) is 0 Å². The topological polar surface area (TPSA) is 17.1 Å². The van der Waals surface area contributed by atoms with Gasteiger partial charge in [0.25, 0.3) is 0 Å². The summed E-state index contributed by atoms with van der Waals surface area (Å²) in [6.07, 6.45) is 1.19. The van der Waals surface area contributed by atoms with Gasteiger partial charge in [-0.15, -0.1) is 11.6 Å². The Bertz CT molecular complexity index is 140. The average Bonchev–Trinajstić information content (AvgIpc) is 1.63. The summed E-state index contributed by atoms with van der Waals surface area (Å²) in [5, 5.41) is 0. The number of halogens is 4. The maximum Gasteiger partial charge on any atom is 0.186 e. The van der Waals surface area contributed by atoms with Crippen LogP contribution in [-0.2, 0) is 4.79 Å². The molecule has 0 bridgehead atoms. The molecule has 0 aromatic rings. The van der Waals surface area contributed by atoms with Crippen LogP contribution < -0.4 is 0 Å². The Hall–Kier alpha value is 0.950. The summed E-state index contributed by atoms with van der Waals surface area (Å²) < 4.78 is -0.443. The summed E-state index contributed by atoms with van der Waals surface area (Å²) in [7, 11) is 0. The first kappa shape index (κ1) is 9.95. The molecular weight excluding hydrogens is 295 g/mol. The molecule has 0 radical (unpaired) electrons. The van der Waals surface area contributed by atoms with Crippen LogP contribution in [0.3, 0.4) is 0 Å². The average molecular weight is 297 g/mol. The monoisotopic (exact) mass is 294 g/mol. The van der Waals surface area contributed by atoms with E-state index in [4.69, 9.17) is 23.2 Å². The second kappa shape index (κ2) is 4.72. The molecule has 0 N–H and O–H groups in total. The van der Waals surface area contributed by atoms with E-state index in [0.29, 0.717) is 0 Å². The Morgan fingerprint density at radius 2 is 2.11 bits per heavy atom. The predicted octanol–water partition coefficient (Wildman–Crippen LogP) is 2.99. The number of carbonyl (C=O) groups excluding carboxylic acids is 1. The van der Waals surface area contributed by atoms with Crippen LogP contribution in [0.5, 0.6) is 0 Å². The van der Waals surface area contributed by atoms with Crippen molar-refractivity contribution in [1.29, 1.82) is 0 Å². The molecule has 0 aromatic carbocycles. The second-order valence-corrected chi connectivity index (χ2v) is 4.73. The van der Waals surface area contributed by atoms with Gasteiger partial charge in [-0.05, 0) is 15.9 Å². The van der Waals surface area contributed by atoms with Crippen molar-refractivity contribution in [1.82, 2.24) is 0 Å². The van der Waals surface area contributed by atoms with E-state index in [9.17, 15) is 4.79 Å². The maximum atomic E-state index is 10.6. The molecular formula is C4H2Br2Cl2O. The molecule has 1 nitrogen and oxygen atoms in total.